The number of rotatable bonds is 3. The van der Waals surface area contributed by atoms with Gasteiger partial charge in [-0.3, -0.25) is 4.90 Å². The van der Waals surface area contributed by atoms with Crippen LogP contribution in [0, 0.1) is 35.5 Å². The summed E-state index contributed by atoms with van der Waals surface area (Å²) >= 11 is 0. The molecule has 0 radical (unpaired) electrons. The van der Waals surface area contributed by atoms with Gasteiger partial charge in [0, 0.05) is 38.8 Å². The van der Waals surface area contributed by atoms with Crippen molar-refractivity contribution < 1.29 is 0 Å². The second-order valence-corrected chi connectivity index (χ2v) is 10.7. The fraction of sp³-hybridized carbons (Fsp3) is 1.00. The average Bonchev–Trinajstić information content (AvgIpc) is 3.27. The summed E-state index contributed by atoms with van der Waals surface area (Å²) < 4.78 is 0. The van der Waals surface area contributed by atoms with E-state index in [1.165, 1.54) is 64.8 Å². The Morgan fingerprint density at radius 2 is 1.12 bits per heavy atom. The van der Waals surface area contributed by atoms with E-state index in [9.17, 15) is 0 Å². The van der Waals surface area contributed by atoms with Gasteiger partial charge < -0.3 is 4.90 Å². The summed E-state index contributed by atoms with van der Waals surface area (Å²) in [6.07, 6.45) is 13.5. The zero-order valence-electron chi connectivity index (χ0n) is 17.8. The Kier molecular flexibility index (Phi) is 6.30. The van der Waals surface area contributed by atoms with Crippen LogP contribution in [0.4, 0.5) is 0 Å². The zero-order chi connectivity index (χ0) is 18.1. The van der Waals surface area contributed by atoms with E-state index in [4.69, 9.17) is 0 Å². The van der Waals surface area contributed by atoms with E-state index in [2.05, 4.69) is 30.6 Å². The Morgan fingerprint density at radius 1 is 0.538 bits per heavy atom. The first-order valence-electron chi connectivity index (χ1n) is 12.1. The highest BCUT2D eigenvalue weighted by atomic mass is 15.3. The second kappa shape index (κ2) is 8.52. The van der Waals surface area contributed by atoms with Crippen LogP contribution in [0.15, 0.2) is 0 Å². The molecule has 0 aromatic heterocycles. The highest BCUT2D eigenvalue weighted by Crippen LogP contribution is 2.48. The van der Waals surface area contributed by atoms with E-state index in [0.29, 0.717) is 0 Å². The SMILES string of the molecule is CCC1CC2CC(C1)C2.CCC1CC2CN(C1)C2.CCC1CC2CN2C1. The molecule has 5 heterocycles. The molecular formula is C24H44N2. The van der Waals surface area contributed by atoms with Crippen molar-refractivity contribution in [3.05, 3.63) is 0 Å². The molecule has 0 aromatic rings. The van der Waals surface area contributed by atoms with Gasteiger partial charge in [-0.05, 0) is 74.0 Å². The van der Waals surface area contributed by atoms with Crippen LogP contribution in [0.25, 0.3) is 0 Å². The number of piperidine rings is 3. The maximum absolute atomic E-state index is 2.59. The fourth-order valence-corrected chi connectivity index (χ4v) is 6.57. The normalized spacial score (nSPS) is 49.3. The highest BCUT2D eigenvalue weighted by molar-refractivity contribution is 4.98. The lowest BCUT2D eigenvalue weighted by molar-refractivity contribution is 0.00932. The number of nitrogens with zero attached hydrogens (tertiary/aromatic N) is 2. The third-order valence-corrected chi connectivity index (χ3v) is 8.54. The molecule has 2 heteroatoms. The Labute approximate surface area is 163 Å². The van der Waals surface area contributed by atoms with E-state index in [1.807, 2.05) is 0 Å². The van der Waals surface area contributed by atoms with Crippen LogP contribution in [0.3, 0.4) is 0 Å². The van der Waals surface area contributed by atoms with Gasteiger partial charge in [0.25, 0.3) is 0 Å². The monoisotopic (exact) mass is 360 g/mol. The first-order chi connectivity index (χ1) is 12.7. The molecule has 8 aliphatic rings. The molecule has 3 aliphatic carbocycles. The summed E-state index contributed by atoms with van der Waals surface area (Å²) in [7, 11) is 0. The molecule has 5 aliphatic heterocycles. The molecule has 8 rings (SSSR count). The maximum atomic E-state index is 2.59. The molecule has 0 N–H and O–H groups in total. The zero-order valence-corrected chi connectivity index (χ0v) is 17.8. The lowest BCUT2D eigenvalue weighted by Gasteiger charge is -2.48. The van der Waals surface area contributed by atoms with E-state index in [-0.39, 0.29) is 0 Å². The van der Waals surface area contributed by atoms with Gasteiger partial charge in [-0.15, -0.1) is 0 Å². The molecule has 0 amide bonds. The third-order valence-electron chi connectivity index (χ3n) is 8.54. The topological polar surface area (TPSA) is 6.25 Å². The van der Waals surface area contributed by atoms with Crippen molar-refractivity contribution in [2.24, 2.45) is 35.5 Å². The quantitative estimate of drug-likeness (QED) is 0.632. The summed E-state index contributed by atoms with van der Waals surface area (Å²) in [6.45, 7) is 14.0. The molecule has 2 nitrogen and oxygen atoms in total. The summed E-state index contributed by atoms with van der Waals surface area (Å²) in [6, 6.07) is 1.03. The second-order valence-electron chi connectivity index (χ2n) is 10.7. The van der Waals surface area contributed by atoms with Crippen LogP contribution >= 0.6 is 0 Å². The van der Waals surface area contributed by atoms with E-state index < -0.39 is 0 Å². The first kappa shape index (κ1) is 19.2. The van der Waals surface area contributed by atoms with Gasteiger partial charge in [0.05, 0.1) is 0 Å². The lowest BCUT2D eigenvalue weighted by atomic mass is 9.61. The minimum atomic E-state index is 1.03. The predicted octanol–water partition coefficient (Wildman–Crippen LogP) is 5.28. The van der Waals surface area contributed by atoms with Gasteiger partial charge in [0.2, 0.25) is 0 Å². The van der Waals surface area contributed by atoms with Crippen molar-refractivity contribution in [1.82, 2.24) is 9.80 Å². The van der Waals surface area contributed by atoms with Crippen molar-refractivity contribution in [1.29, 1.82) is 0 Å². The van der Waals surface area contributed by atoms with Gasteiger partial charge >= 0.3 is 0 Å². The molecule has 0 aromatic carbocycles. The van der Waals surface area contributed by atoms with E-state index in [1.54, 1.807) is 25.7 Å². The van der Waals surface area contributed by atoms with Gasteiger partial charge in [0.15, 0.2) is 0 Å². The van der Waals surface area contributed by atoms with Crippen LogP contribution in [0.1, 0.15) is 78.6 Å². The van der Waals surface area contributed by atoms with Gasteiger partial charge in [-0.25, -0.2) is 0 Å². The molecule has 4 bridgehead atoms. The number of hydrogen-bond acceptors (Lipinski definition) is 2. The molecule has 8 fully saturated rings. The largest absolute Gasteiger partial charge is 0.302 e. The van der Waals surface area contributed by atoms with Crippen LogP contribution in [-0.4, -0.2) is 48.6 Å². The Hall–Kier alpha value is -0.0800. The molecule has 3 saturated carbocycles. The lowest BCUT2D eigenvalue weighted by Crippen LogP contribution is -2.54. The highest BCUT2D eigenvalue weighted by Gasteiger charge is 2.42. The van der Waals surface area contributed by atoms with Crippen LogP contribution in [-0.2, 0) is 0 Å². The minimum Gasteiger partial charge on any atom is -0.302 e. The third kappa shape index (κ3) is 4.66. The summed E-state index contributed by atoms with van der Waals surface area (Å²) in [5, 5.41) is 0. The van der Waals surface area contributed by atoms with Crippen molar-refractivity contribution in [2.75, 3.05) is 32.7 Å². The van der Waals surface area contributed by atoms with Crippen LogP contribution < -0.4 is 0 Å². The number of fused-ring (bicyclic) bond motifs is 5. The van der Waals surface area contributed by atoms with Gasteiger partial charge in [0.1, 0.15) is 0 Å². The molecular weight excluding hydrogens is 316 g/mol. The first-order valence-corrected chi connectivity index (χ1v) is 12.1. The summed E-state index contributed by atoms with van der Waals surface area (Å²) in [4.78, 5) is 5.16. The standard InChI is InChI=1S/C9H16.C8H15N.C7H13N/c2*1-2-7-3-8-5-9(4-7)6-8;1-2-6-3-7-5-8(7)4-6/h7-9H,2-6H2,1H3;7-8H,2-6H2,1H3;6-7H,2-5H2,1H3. The average molecular weight is 361 g/mol. The van der Waals surface area contributed by atoms with Gasteiger partial charge in [-0.1, -0.05) is 40.0 Å². The predicted molar refractivity (Wildman–Crippen MR) is 111 cm³/mol. The Bertz CT molecular complexity index is 379. The van der Waals surface area contributed by atoms with E-state index >= 15 is 0 Å². The van der Waals surface area contributed by atoms with Crippen molar-refractivity contribution in [2.45, 2.75) is 84.6 Å². The molecule has 5 saturated heterocycles. The Balaban J connectivity index is 0.0000000972. The molecule has 4 unspecified atom stereocenters. The molecule has 0 spiro atoms. The smallest absolute Gasteiger partial charge is 0.0227 e. The van der Waals surface area contributed by atoms with E-state index in [0.717, 1.165) is 41.5 Å². The molecule has 150 valence electrons. The molecule has 4 atom stereocenters. The fourth-order valence-electron chi connectivity index (χ4n) is 6.57. The Morgan fingerprint density at radius 3 is 1.46 bits per heavy atom. The summed E-state index contributed by atoms with van der Waals surface area (Å²) in [5.41, 5.74) is 0. The van der Waals surface area contributed by atoms with Crippen molar-refractivity contribution in [3.63, 3.8) is 0 Å². The van der Waals surface area contributed by atoms with Crippen LogP contribution in [0.5, 0.6) is 0 Å². The van der Waals surface area contributed by atoms with Crippen LogP contribution in [0.2, 0.25) is 0 Å². The summed E-state index contributed by atoms with van der Waals surface area (Å²) in [5.74, 6) is 6.61. The van der Waals surface area contributed by atoms with Gasteiger partial charge in [-0.2, -0.15) is 0 Å². The number of hydrogen-bond donors (Lipinski definition) is 0. The van der Waals surface area contributed by atoms with Crippen molar-refractivity contribution >= 4 is 0 Å². The maximum Gasteiger partial charge on any atom is 0.0227 e. The van der Waals surface area contributed by atoms with Crippen molar-refractivity contribution in [3.8, 4) is 0 Å². The molecule has 26 heavy (non-hydrogen) atoms. The minimum absolute atomic E-state index is 1.03.